The zero-order valence-corrected chi connectivity index (χ0v) is 18.0. The third kappa shape index (κ3) is 6.06. The molecule has 9 heteroatoms. The van der Waals surface area contributed by atoms with Crippen LogP contribution in [0.1, 0.15) is 34.9 Å². The van der Waals surface area contributed by atoms with Crippen LogP contribution < -0.4 is 5.32 Å². The lowest BCUT2D eigenvalue weighted by Gasteiger charge is -2.26. The average molecular weight is 442 g/mol. The van der Waals surface area contributed by atoms with Crippen molar-refractivity contribution in [1.29, 1.82) is 5.26 Å². The molecule has 162 valence electrons. The predicted molar refractivity (Wildman–Crippen MR) is 115 cm³/mol. The summed E-state index contributed by atoms with van der Waals surface area (Å²) in [7, 11) is 0. The van der Waals surface area contributed by atoms with Crippen molar-refractivity contribution in [2.75, 3.05) is 25.1 Å². The number of nitrogens with one attached hydrogen (secondary N) is 1. The molecule has 2 heterocycles. The zero-order valence-electron chi connectivity index (χ0n) is 17.2. The van der Waals surface area contributed by atoms with Gasteiger partial charge in [-0.3, -0.25) is 9.59 Å². The van der Waals surface area contributed by atoms with E-state index in [4.69, 9.17) is 9.47 Å². The maximum absolute atomic E-state index is 12.4. The summed E-state index contributed by atoms with van der Waals surface area (Å²) in [6.07, 6.45) is 0.941. The standard InChI is InChI=1S/C22H23N3O5S/c1-15(26)29-11-12-30-22(28)25-10-9-17-18(13-23)21(31-19(17)14-25)24-20(27)8-7-16-5-3-2-4-6-16/h2-6H,7-12,14H2,1H3,(H,24,27). The molecule has 0 atom stereocenters. The Hall–Kier alpha value is -3.38. The monoisotopic (exact) mass is 441 g/mol. The van der Waals surface area contributed by atoms with Gasteiger partial charge in [-0.25, -0.2) is 4.79 Å². The fraction of sp³-hybridized carbons (Fsp3) is 0.364. The molecule has 31 heavy (non-hydrogen) atoms. The number of benzene rings is 1. The van der Waals surface area contributed by atoms with Gasteiger partial charge in [0, 0.05) is 24.8 Å². The van der Waals surface area contributed by atoms with Crippen molar-refractivity contribution in [3.8, 4) is 6.07 Å². The van der Waals surface area contributed by atoms with Crippen molar-refractivity contribution in [2.24, 2.45) is 0 Å². The molecular weight excluding hydrogens is 418 g/mol. The maximum Gasteiger partial charge on any atom is 0.410 e. The predicted octanol–water partition coefficient (Wildman–Crippen LogP) is 3.25. The van der Waals surface area contributed by atoms with Gasteiger partial charge in [-0.1, -0.05) is 30.3 Å². The number of esters is 1. The van der Waals surface area contributed by atoms with E-state index in [-0.39, 0.29) is 19.1 Å². The van der Waals surface area contributed by atoms with Gasteiger partial charge >= 0.3 is 12.1 Å². The van der Waals surface area contributed by atoms with Crippen molar-refractivity contribution in [3.63, 3.8) is 0 Å². The van der Waals surface area contributed by atoms with Crippen molar-refractivity contribution in [2.45, 2.75) is 32.7 Å². The Kier molecular flexibility index (Phi) is 7.62. The molecule has 0 fully saturated rings. The summed E-state index contributed by atoms with van der Waals surface area (Å²) >= 11 is 1.32. The maximum atomic E-state index is 12.4. The topological polar surface area (TPSA) is 109 Å². The Bertz CT molecular complexity index is 997. The molecule has 0 unspecified atom stereocenters. The molecule has 1 N–H and O–H groups in total. The van der Waals surface area contributed by atoms with Crippen LogP contribution in [0.3, 0.4) is 0 Å². The third-order valence-electron chi connectivity index (χ3n) is 4.78. The Morgan fingerprint density at radius 1 is 1.19 bits per heavy atom. The molecular formula is C22H23N3O5S. The number of thiophene rings is 1. The fourth-order valence-electron chi connectivity index (χ4n) is 3.26. The van der Waals surface area contributed by atoms with E-state index in [1.165, 1.54) is 23.2 Å². The van der Waals surface area contributed by atoms with E-state index in [1.807, 2.05) is 30.3 Å². The molecule has 0 saturated carbocycles. The number of carbonyl (C=O) groups is 3. The Labute approximate surface area is 184 Å². The van der Waals surface area contributed by atoms with E-state index in [2.05, 4.69) is 11.4 Å². The van der Waals surface area contributed by atoms with Crippen molar-refractivity contribution < 1.29 is 23.9 Å². The van der Waals surface area contributed by atoms with E-state index in [0.29, 0.717) is 42.9 Å². The number of nitrogens with zero attached hydrogens (tertiary/aromatic N) is 2. The number of ether oxygens (including phenoxy) is 2. The minimum atomic E-state index is -0.502. The molecule has 1 aromatic carbocycles. The summed E-state index contributed by atoms with van der Waals surface area (Å²) in [6, 6.07) is 11.9. The first-order valence-electron chi connectivity index (χ1n) is 9.91. The van der Waals surface area contributed by atoms with Gasteiger partial charge < -0.3 is 19.7 Å². The van der Waals surface area contributed by atoms with Crippen LogP contribution in [0.25, 0.3) is 0 Å². The number of carbonyl (C=O) groups excluding carboxylic acids is 3. The van der Waals surface area contributed by atoms with Crippen LogP contribution in [0.4, 0.5) is 9.80 Å². The largest absolute Gasteiger partial charge is 0.462 e. The van der Waals surface area contributed by atoms with Gasteiger partial charge in [0.25, 0.3) is 0 Å². The summed E-state index contributed by atoms with van der Waals surface area (Å²) in [4.78, 5) is 37.8. The van der Waals surface area contributed by atoms with Crippen LogP contribution in [0.5, 0.6) is 0 Å². The smallest absolute Gasteiger partial charge is 0.410 e. The zero-order chi connectivity index (χ0) is 22.2. The average Bonchev–Trinajstić information content (AvgIpc) is 3.11. The van der Waals surface area contributed by atoms with E-state index >= 15 is 0 Å². The minimum Gasteiger partial charge on any atom is -0.462 e. The summed E-state index contributed by atoms with van der Waals surface area (Å²) in [5.41, 5.74) is 2.41. The number of fused-ring (bicyclic) bond motifs is 1. The van der Waals surface area contributed by atoms with Crippen molar-refractivity contribution >= 4 is 34.3 Å². The molecule has 3 rings (SSSR count). The number of anilines is 1. The van der Waals surface area contributed by atoms with Gasteiger partial charge in [0.2, 0.25) is 5.91 Å². The molecule has 2 aromatic rings. The normalized spacial score (nSPS) is 12.5. The van der Waals surface area contributed by atoms with Crippen LogP contribution in [0, 0.1) is 11.3 Å². The van der Waals surface area contributed by atoms with Gasteiger partial charge in [0.1, 0.15) is 24.3 Å². The number of hydrogen-bond donors (Lipinski definition) is 1. The number of rotatable bonds is 7. The molecule has 8 nitrogen and oxygen atoms in total. The fourth-order valence-corrected chi connectivity index (χ4v) is 4.49. The van der Waals surface area contributed by atoms with Gasteiger partial charge in [-0.05, 0) is 24.0 Å². The quantitative estimate of drug-likeness (QED) is 0.522. The third-order valence-corrected chi connectivity index (χ3v) is 5.91. The first-order chi connectivity index (χ1) is 15.0. The van der Waals surface area contributed by atoms with Crippen LogP contribution in [0.15, 0.2) is 30.3 Å². The number of nitriles is 1. The molecule has 0 spiro atoms. The lowest BCUT2D eigenvalue weighted by atomic mass is 10.0. The molecule has 1 aromatic heterocycles. The highest BCUT2D eigenvalue weighted by Crippen LogP contribution is 2.36. The first-order valence-corrected chi connectivity index (χ1v) is 10.7. The van der Waals surface area contributed by atoms with Gasteiger partial charge in [-0.2, -0.15) is 5.26 Å². The SMILES string of the molecule is CC(=O)OCCOC(=O)N1CCc2c(sc(NC(=O)CCc3ccccc3)c2C#N)C1. The Morgan fingerprint density at radius 2 is 1.94 bits per heavy atom. The lowest BCUT2D eigenvalue weighted by molar-refractivity contribution is -0.142. The van der Waals surface area contributed by atoms with Crippen LogP contribution >= 0.6 is 11.3 Å². The summed E-state index contributed by atoms with van der Waals surface area (Å²) < 4.78 is 9.87. The molecule has 0 bridgehead atoms. The number of aryl methyl sites for hydroxylation is 1. The summed E-state index contributed by atoms with van der Waals surface area (Å²) in [5, 5.41) is 13.0. The number of hydrogen-bond acceptors (Lipinski definition) is 7. The molecule has 2 amide bonds. The highest BCUT2D eigenvalue weighted by molar-refractivity contribution is 7.16. The van der Waals surface area contributed by atoms with E-state index in [1.54, 1.807) is 0 Å². The van der Waals surface area contributed by atoms with Crippen LogP contribution in [-0.2, 0) is 38.4 Å². The minimum absolute atomic E-state index is 0.0108. The summed E-state index contributed by atoms with van der Waals surface area (Å²) in [5.74, 6) is -0.583. The molecule has 0 radical (unpaired) electrons. The van der Waals surface area contributed by atoms with Crippen LogP contribution in [-0.4, -0.2) is 42.6 Å². The Balaban J connectivity index is 1.58. The van der Waals surface area contributed by atoms with E-state index < -0.39 is 12.1 Å². The van der Waals surface area contributed by atoms with Crippen molar-refractivity contribution in [1.82, 2.24) is 4.90 Å². The second-order valence-corrected chi connectivity index (χ2v) is 8.08. The second-order valence-electron chi connectivity index (χ2n) is 6.98. The second kappa shape index (κ2) is 10.6. The molecule has 0 saturated heterocycles. The lowest BCUT2D eigenvalue weighted by Crippen LogP contribution is -2.36. The van der Waals surface area contributed by atoms with Crippen molar-refractivity contribution in [3.05, 3.63) is 51.9 Å². The summed E-state index contributed by atoms with van der Waals surface area (Å²) in [6.45, 7) is 2.00. The van der Waals surface area contributed by atoms with E-state index in [9.17, 15) is 19.6 Å². The Morgan fingerprint density at radius 3 is 2.65 bits per heavy atom. The highest BCUT2D eigenvalue weighted by Gasteiger charge is 2.28. The molecule has 1 aliphatic rings. The van der Waals surface area contributed by atoms with Gasteiger partial charge in [-0.15, -0.1) is 11.3 Å². The highest BCUT2D eigenvalue weighted by atomic mass is 32.1. The van der Waals surface area contributed by atoms with Gasteiger partial charge in [0.05, 0.1) is 12.1 Å². The van der Waals surface area contributed by atoms with Crippen LogP contribution in [0.2, 0.25) is 0 Å². The first kappa shape index (κ1) is 22.3. The van der Waals surface area contributed by atoms with Gasteiger partial charge in [0.15, 0.2) is 0 Å². The molecule has 1 aliphatic heterocycles. The molecule has 0 aliphatic carbocycles. The number of amides is 2. The van der Waals surface area contributed by atoms with E-state index in [0.717, 1.165) is 16.0 Å².